The summed E-state index contributed by atoms with van der Waals surface area (Å²) >= 11 is 0. The Morgan fingerprint density at radius 1 is 1.17 bits per heavy atom. The molecule has 9 nitrogen and oxygen atoms in total. The topological polar surface area (TPSA) is 99.6 Å². The fourth-order valence-corrected chi connectivity index (χ4v) is 7.06. The van der Waals surface area contributed by atoms with Gasteiger partial charge in [-0.05, 0) is 64.3 Å². The minimum atomic E-state index is -1.16. The standard InChI is InChI=1S/C32H45N3O6/c1-7-11-20-33(18-8-2)30(39)27-32-17-16-31(6,41-32)25(26(32)29(38)35(27)22(5)21-36)28(37)34(19-9-3)23-12-14-24(15-13-23)40-10-4/h8-9,12-15,22,25-27,36H,2-3,7,10-11,16-21H2,1,4-6H3/t22-,25-,26+,27?,31+,32?/m1/s1. The molecule has 0 aliphatic carbocycles. The molecule has 0 saturated carbocycles. The minimum Gasteiger partial charge on any atom is -0.494 e. The smallest absolute Gasteiger partial charge is 0.248 e. The molecule has 3 fully saturated rings. The molecule has 2 bridgehead atoms. The molecule has 1 N–H and O–H groups in total. The first-order chi connectivity index (χ1) is 19.6. The summed E-state index contributed by atoms with van der Waals surface area (Å²) in [6.07, 6.45) is 6.08. The molecule has 3 aliphatic heterocycles. The van der Waals surface area contributed by atoms with Gasteiger partial charge in [0.05, 0.1) is 36.7 Å². The van der Waals surface area contributed by atoms with Crippen LogP contribution in [0, 0.1) is 11.8 Å². The molecule has 224 valence electrons. The van der Waals surface area contributed by atoms with Crippen molar-refractivity contribution in [3.63, 3.8) is 0 Å². The summed E-state index contributed by atoms with van der Waals surface area (Å²) in [7, 11) is 0. The number of amides is 3. The number of aliphatic hydroxyl groups excluding tert-OH is 1. The highest BCUT2D eigenvalue weighted by molar-refractivity contribution is 6.03. The van der Waals surface area contributed by atoms with E-state index in [1.807, 2.05) is 38.1 Å². The molecule has 9 heteroatoms. The van der Waals surface area contributed by atoms with E-state index >= 15 is 0 Å². The zero-order valence-corrected chi connectivity index (χ0v) is 24.9. The maximum atomic E-state index is 14.5. The molecule has 0 aromatic heterocycles. The fraction of sp³-hybridized carbons (Fsp3) is 0.594. The molecule has 3 saturated heterocycles. The Balaban J connectivity index is 1.76. The average Bonchev–Trinajstić information content (AvgIpc) is 3.54. The molecule has 4 rings (SSSR count). The molecule has 2 unspecified atom stereocenters. The predicted octanol–water partition coefficient (Wildman–Crippen LogP) is 3.56. The molecule has 1 aromatic carbocycles. The Hall–Kier alpha value is -3.17. The van der Waals surface area contributed by atoms with Gasteiger partial charge >= 0.3 is 0 Å². The summed E-state index contributed by atoms with van der Waals surface area (Å²) in [5, 5.41) is 10.1. The van der Waals surface area contributed by atoms with Crippen molar-refractivity contribution in [1.82, 2.24) is 9.80 Å². The van der Waals surface area contributed by atoms with E-state index in [1.54, 1.807) is 28.9 Å². The van der Waals surface area contributed by atoms with Gasteiger partial charge in [-0.25, -0.2) is 0 Å². The van der Waals surface area contributed by atoms with E-state index < -0.39 is 35.1 Å². The number of fused-ring (bicyclic) bond motifs is 1. The fourth-order valence-electron chi connectivity index (χ4n) is 7.06. The normalized spacial score (nSPS) is 28.8. The highest BCUT2D eigenvalue weighted by atomic mass is 16.5. The minimum absolute atomic E-state index is 0.221. The monoisotopic (exact) mass is 567 g/mol. The van der Waals surface area contributed by atoms with Gasteiger partial charge in [-0.2, -0.15) is 0 Å². The first kappa shape index (κ1) is 30.8. The number of unbranched alkanes of at least 4 members (excludes halogenated alkanes) is 1. The zero-order chi connectivity index (χ0) is 29.9. The highest BCUT2D eigenvalue weighted by Gasteiger charge is 2.78. The quantitative estimate of drug-likeness (QED) is 0.345. The van der Waals surface area contributed by atoms with Gasteiger partial charge in [-0.1, -0.05) is 25.5 Å². The van der Waals surface area contributed by atoms with Crippen molar-refractivity contribution in [2.45, 2.75) is 76.7 Å². The summed E-state index contributed by atoms with van der Waals surface area (Å²) in [5.41, 5.74) is -1.41. The second-order valence-electron chi connectivity index (χ2n) is 11.6. The van der Waals surface area contributed by atoms with Crippen LogP contribution in [0.5, 0.6) is 5.75 Å². The number of nitrogens with zero attached hydrogens (tertiary/aromatic N) is 3. The van der Waals surface area contributed by atoms with Gasteiger partial charge in [-0.3, -0.25) is 14.4 Å². The van der Waals surface area contributed by atoms with Gasteiger partial charge < -0.3 is 29.3 Å². The Morgan fingerprint density at radius 3 is 2.44 bits per heavy atom. The third kappa shape index (κ3) is 5.18. The third-order valence-electron chi connectivity index (χ3n) is 8.93. The second-order valence-corrected chi connectivity index (χ2v) is 11.6. The van der Waals surface area contributed by atoms with Crippen molar-refractivity contribution in [3.05, 3.63) is 49.6 Å². The van der Waals surface area contributed by atoms with Crippen LogP contribution in [0.1, 0.15) is 53.4 Å². The Bertz CT molecular complexity index is 1150. The van der Waals surface area contributed by atoms with Gasteiger partial charge in [0.15, 0.2) is 0 Å². The van der Waals surface area contributed by atoms with Gasteiger partial charge in [0.25, 0.3) is 0 Å². The summed E-state index contributed by atoms with van der Waals surface area (Å²) in [6.45, 7) is 16.6. The van der Waals surface area contributed by atoms with Gasteiger partial charge in [0.2, 0.25) is 17.7 Å². The molecule has 3 heterocycles. The highest BCUT2D eigenvalue weighted by Crippen LogP contribution is 2.64. The number of benzene rings is 1. The maximum absolute atomic E-state index is 14.5. The van der Waals surface area contributed by atoms with Gasteiger partial charge in [0, 0.05) is 25.3 Å². The lowest BCUT2D eigenvalue weighted by Gasteiger charge is -2.38. The molecule has 1 spiro atoms. The van der Waals surface area contributed by atoms with E-state index in [-0.39, 0.29) is 30.9 Å². The van der Waals surface area contributed by atoms with Crippen LogP contribution in [-0.4, -0.2) is 88.8 Å². The third-order valence-corrected chi connectivity index (χ3v) is 8.93. The number of carbonyl (C=O) groups excluding carboxylic acids is 3. The lowest BCUT2D eigenvalue weighted by Crippen LogP contribution is -2.58. The van der Waals surface area contributed by atoms with Crippen LogP contribution in [-0.2, 0) is 19.1 Å². The number of hydrogen-bond donors (Lipinski definition) is 1. The van der Waals surface area contributed by atoms with Crippen LogP contribution in [0.3, 0.4) is 0 Å². The lowest BCUT2D eigenvalue weighted by atomic mass is 9.66. The first-order valence-electron chi connectivity index (χ1n) is 14.8. The van der Waals surface area contributed by atoms with Crippen LogP contribution < -0.4 is 9.64 Å². The van der Waals surface area contributed by atoms with Crippen molar-refractivity contribution in [2.24, 2.45) is 11.8 Å². The molecule has 3 amide bonds. The zero-order valence-electron chi connectivity index (χ0n) is 24.9. The van der Waals surface area contributed by atoms with E-state index in [1.165, 1.54) is 4.90 Å². The van der Waals surface area contributed by atoms with Crippen molar-refractivity contribution < 1.29 is 29.0 Å². The summed E-state index contributed by atoms with van der Waals surface area (Å²) in [4.78, 5) is 47.9. The number of likely N-dealkylation sites (tertiary alicyclic amines) is 1. The second kappa shape index (κ2) is 12.4. The van der Waals surface area contributed by atoms with Crippen molar-refractivity contribution >= 4 is 23.4 Å². The molecule has 3 aliphatic rings. The Kier molecular flexibility index (Phi) is 9.29. The summed E-state index contributed by atoms with van der Waals surface area (Å²) < 4.78 is 12.3. The number of rotatable bonds is 14. The SMILES string of the molecule is C=CCN(CCCC)C(=O)C1N([C@H](C)CO)C(=O)[C@@H]2[C@H](C(=O)N(CC=C)c3ccc(OCC)cc3)[C@]3(C)CCC12O3. The lowest BCUT2D eigenvalue weighted by molar-refractivity contribution is -0.154. The average molecular weight is 568 g/mol. The van der Waals surface area contributed by atoms with E-state index in [9.17, 15) is 19.5 Å². The predicted molar refractivity (Wildman–Crippen MR) is 157 cm³/mol. The van der Waals surface area contributed by atoms with Crippen LogP contribution in [0.4, 0.5) is 5.69 Å². The molecular weight excluding hydrogens is 522 g/mol. The largest absolute Gasteiger partial charge is 0.494 e. The number of carbonyl (C=O) groups is 3. The number of hydrogen-bond acceptors (Lipinski definition) is 6. The Morgan fingerprint density at radius 2 is 1.85 bits per heavy atom. The van der Waals surface area contributed by atoms with Crippen LogP contribution >= 0.6 is 0 Å². The van der Waals surface area contributed by atoms with Crippen LogP contribution in [0.25, 0.3) is 0 Å². The van der Waals surface area contributed by atoms with E-state index in [2.05, 4.69) is 20.1 Å². The van der Waals surface area contributed by atoms with E-state index in [0.29, 0.717) is 44.0 Å². The number of anilines is 1. The van der Waals surface area contributed by atoms with Gasteiger partial charge in [0.1, 0.15) is 17.4 Å². The maximum Gasteiger partial charge on any atom is 0.248 e. The molecule has 41 heavy (non-hydrogen) atoms. The summed E-state index contributed by atoms with van der Waals surface area (Å²) in [6, 6.07) is 5.72. The number of ether oxygens (including phenoxy) is 2. The van der Waals surface area contributed by atoms with Crippen LogP contribution in [0.15, 0.2) is 49.6 Å². The van der Waals surface area contributed by atoms with E-state index in [0.717, 1.165) is 12.8 Å². The molecular formula is C32H45N3O6. The van der Waals surface area contributed by atoms with E-state index in [4.69, 9.17) is 9.47 Å². The first-order valence-corrected chi connectivity index (χ1v) is 14.8. The molecule has 1 aromatic rings. The summed E-state index contributed by atoms with van der Waals surface area (Å²) in [5.74, 6) is -1.72. The molecule has 6 atom stereocenters. The molecule has 0 radical (unpaired) electrons. The van der Waals surface area contributed by atoms with Crippen LogP contribution in [0.2, 0.25) is 0 Å². The van der Waals surface area contributed by atoms with Crippen molar-refractivity contribution in [3.8, 4) is 5.75 Å². The Labute approximate surface area is 243 Å². The number of aliphatic hydroxyl groups is 1. The van der Waals surface area contributed by atoms with Crippen molar-refractivity contribution in [1.29, 1.82) is 0 Å². The van der Waals surface area contributed by atoms with Gasteiger partial charge in [-0.15, -0.1) is 13.2 Å². The van der Waals surface area contributed by atoms with Crippen molar-refractivity contribution in [2.75, 3.05) is 37.7 Å².